The molecule has 2 aliphatic heterocycles. The van der Waals surface area contributed by atoms with E-state index in [0.29, 0.717) is 13.2 Å². The highest BCUT2D eigenvalue weighted by molar-refractivity contribution is 7.12. The summed E-state index contributed by atoms with van der Waals surface area (Å²) in [6, 6.07) is 0. The Kier molecular flexibility index (Phi) is 4.48. The van der Waals surface area contributed by atoms with Gasteiger partial charge in [-0.1, -0.05) is 6.42 Å². The Morgan fingerprint density at radius 3 is 2.30 bits per heavy atom. The maximum Gasteiger partial charge on any atom is 0.176 e. The Morgan fingerprint density at radius 1 is 1.00 bits per heavy atom. The Balaban J connectivity index is 1.80. The van der Waals surface area contributed by atoms with Crippen molar-refractivity contribution in [2.24, 2.45) is 0 Å². The van der Waals surface area contributed by atoms with Crippen LogP contribution in [-0.4, -0.2) is 50.2 Å². The zero-order valence-corrected chi connectivity index (χ0v) is 13.3. The van der Waals surface area contributed by atoms with Crippen molar-refractivity contribution in [3.63, 3.8) is 0 Å². The lowest BCUT2D eigenvalue weighted by Crippen LogP contribution is -2.29. The van der Waals surface area contributed by atoms with E-state index < -0.39 is 0 Å². The second-order valence-electron chi connectivity index (χ2n) is 5.88. The Labute approximate surface area is 125 Å². The molecule has 3 heterocycles. The number of hydrogen-bond acceptors (Lipinski definition) is 5. The monoisotopic (exact) mass is 296 g/mol. The fourth-order valence-electron chi connectivity index (χ4n) is 2.89. The summed E-state index contributed by atoms with van der Waals surface area (Å²) in [6.45, 7) is 5.73. The summed E-state index contributed by atoms with van der Waals surface area (Å²) in [4.78, 5) is 7.39. The van der Waals surface area contributed by atoms with Gasteiger partial charge in [0.15, 0.2) is 11.5 Å². The van der Waals surface area contributed by atoms with Gasteiger partial charge in [-0.05, 0) is 40.0 Å². The molecule has 3 rings (SSSR count). The SMILES string of the molecule is CN(C)Cc1sc(CN2CCCCC2)c2c1OCCO2. The van der Waals surface area contributed by atoms with Crippen LogP contribution in [0.3, 0.4) is 0 Å². The molecule has 1 aromatic heterocycles. The van der Waals surface area contributed by atoms with E-state index in [9.17, 15) is 0 Å². The highest BCUT2D eigenvalue weighted by atomic mass is 32.1. The van der Waals surface area contributed by atoms with Crippen molar-refractivity contribution in [2.45, 2.75) is 32.4 Å². The minimum absolute atomic E-state index is 0.674. The summed E-state index contributed by atoms with van der Waals surface area (Å²) in [5, 5.41) is 0. The minimum Gasteiger partial charge on any atom is -0.485 e. The third-order valence-electron chi connectivity index (χ3n) is 3.81. The number of piperidine rings is 1. The van der Waals surface area contributed by atoms with Crippen molar-refractivity contribution in [1.82, 2.24) is 9.80 Å². The molecular formula is C15H24N2O2S. The third-order valence-corrected chi connectivity index (χ3v) is 4.93. The predicted octanol–water partition coefficient (Wildman–Crippen LogP) is 2.57. The van der Waals surface area contributed by atoms with Gasteiger partial charge in [0.25, 0.3) is 0 Å². The first kappa shape index (κ1) is 14.2. The van der Waals surface area contributed by atoms with Gasteiger partial charge in [0.1, 0.15) is 13.2 Å². The van der Waals surface area contributed by atoms with E-state index >= 15 is 0 Å². The summed E-state index contributed by atoms with van der Waals surface area (Å²) < 4.78 is 11.8. The van der Waals surface area contributed by atoms with Crippen molar-refractivity contribution in [1.29, 1.82) is 0 Å². The van der Waals surface area contributed by atoms with Gasteiger partial charge in [-0.15, -0.1) is 11.3 Å². The standard InChI is InChI=1S/C15H24N2O2S/c1-16(2)10-12-14-15(19-9-8-18-14)13(20-12)11-17-6-4-3-5-7-17/h3-11H2,1-2H3. The maximum atomic E-state index is 5.90. The van der Waals surface area contributed by atoms with Crippen LogP contribution in [0.15, 0.2) is 0 Å². The molecule has 0 saturated carbocycles. The van der Waals surface area contributed by atoms with E-state index in [0.717, 1.165) is 24.6 Å². The molecule has 5 heteroatoms. The molecule has 1 saturated heterocycles. The Hall–Kier alpha value is -0.780. The second kappa shape index (κ2) is 6.33. The number of hydrogen-bond donors (Lipinski definition) is 0. The van der Waals surface area contributed by atoms with Crippen LogP contribution in [0, 0.1) is 0 Å². The van der Waals surface area contributed by atoms with Crippen molar-refractivity contribution in [2.75, 3.05) is 40.4 Å². The zero-order chi connectivity index (χ0) is 13.9. The predicted molar refractivity (Wildman–Crippen MR) is 81.8 cm³/mol. The Bertz CT molecular complexity index is 453. The summed E-state index contributed by atoms with van der Waals surface area (Å²) >= 11 is 1.86. The Morgan fingerprint density at radius 2 is 1.65 bits per heavy atom. The van der Waals surface area contributed by atoms with Crippen LogP contribution >= 0.6 is 11.3 Å². The maximum absolute atomic E-state index is 5.90. The summed E-state index contributed by atoms with van der Waals surface area (Å²) in [6.07, 6.45) is 4.04. The van der Waals surface area contributed by atoms with Crippen LogP contribution in [0.1, 0.15) is 29.0 Å². The molecule has 4 nitrogen and oxygen atoms in total. The van der Waals surface area contributed by atoms with E-state index in [1.165, 1.54) is 42.1 Å². The minimum atomic E-state index is 0.674. The number of thiophene rings is 1. The molecule has 112 valence electrons. The molecule has 1 fully saturated rings. The van der Waals surface area contributed by atoms with E-state index in [-0.39, 0.29) is 0 Å². The molecule has 0 radical (unpaired) electrons. The van der Waals surface area contributed by atoms with Crippen LogP contribution in [-0.2, 0) is 13.1 Å². The normalized spacial score (nSPS) is 19.6. The van der Waals surface area contributed by atoms with Crippen molar-refractivity contribution < 1.29 is 9.47 Å². The van der Waals surface area contributed by atoms with Gasteiger partial charge in [0.05, 0.1) is 9.75 Å². The third kappa shape index (κ3) is 3.10. The number of likely N-dealkylation sites (tertiary alicyclic amines) is 1. The van der Waals surface area contributed by atoms with Gasteiger partial charge in [0, 0.05) is 13.1 Å². The highest BCUT2D eigenvalue weighted by Gasteiger charge is 2.26. The first-order valence-corrected chi connectivity index (χ1v) is 8.33. The molecule has 0 unspecified atom stereocenters. The molecule has 0 spiro atoms. The average Bonchev–Trinajstić information content (AvgIpc) is 2.78. The first-order chi connectivity index (χ1) is 9.74. The average molecular weight is 296 g/mol. The fourth-order valence-corrected chi connectivity index (χ4v) is 4.25. The smallest absolute Gasteiger partial charge is 0.176 e. The van der Waals surface area contributed by atoms with Gasteiger partial charge >= 0.3 is 0 Å². The summed E-state index contributed by atoms with van der Waals surface area (Å²) in [5.41, 5.74) is 0. The lowest BCUT2D eigenvalue weighted by atomic mass is 10.1. The number of ether oxygens (including phenoxy) is 2. The van der Waals surface area contributed by atoms with Gasteiger partial charge in [-0.3, -0.25) is 4.90 Å². The van der Waals surface area contributed by atoms with Crippen LogP contribution in [0.5, 0.6) is 11.5 Å². The van der Waals surface area contributed by atoms with Crippen molar-refractivity contribution in [3.8, 4) is 11.5 Å². The van der Waals surface area contributed by atoms with Crippen molar-refractivity contribution in [3.05, 3.63) is 9.75 Å². The summed E-state index contributed by atoms with van der Waals surface area (Å²) in [7, 11) is 4.19. The molecule has 0 N–H and O–H groups in total. The summed E-state index contributed by atoms with van der Waals surface area (Å²) in [5.74, 6) is 2.02. The van der Waals surface area contributed by atoms with Crippen molar-refractivity contribution >= 4 is 11.3 Å². The number of fused-ring (bicyclic) bond motifs is 1. The molecular weight excluding hydrogens is 272 g/mol. The first-order valence-electron chi connectivity index (χ1n) is 7.51. The molecule has 1 aromatic rings. The van der Waals surface area contributed by atoms with E-state index in [2.05, 4.69) is 23.9 Å². The molecule has 0 bridgehead atoms. The van der Waals surface area contributed by atoms with Crippen LogP contribution in [0.4, 0.5) is 0 Å². The van der Waals surface area contributed by atoms with Crippen LogP contribution < -0.4 is 9.47 Å². The van der Waals surface area contributed by atoms with Gasteiger partial charge in [0.2, 0.25) is 0 Å². The van der Waals surface area contributed by atoms with Gasteiger partial charge in [-0.25, -0.2) is 0 Å². The fraction of sp³-hybridized carbons (Fsp3) is 0.733. The van der Waals surface area contributed by atoms with Crippen LogP contribution in [0.2, 0.25) is 0 Å². The van der Waals surface area contributed by atoms with E-state index in [4.69, 9.17) is 9.47 Å². The molecule has 2 aliphatic rings. The molecule has 0 amide bonds. The van der Waals surface area contributed by atoms with Gasteiger partial charge in [-0.2, -0.15) is 0 Å². The highest BCUT2D eigenvalue weighted by Crippen LogP contribution is 2.45. The molecule has 0 aliphatic carbocycles. The van der Waals surface area contributed by atoms with Gasteiger partial charge < -0.3 is 14.4 Å². The quantitative estimate of drug-likeness (QED) is 0.852. The zero-order valence-electron chi connectivity index (χ0n) is 12.5. The van der Waals surface area contributed by atoms with Crippen LogP contribution in [0.25, 0.3) is 0 Å². The molecule has 0 aromatic carbocycles. The molecule has 20 heavy (non-hydrogen) atoms. The second-order valence-corrected chi connectivity index (χ2v) is 7.07. The lowest BCUT2D eigenvalue weighted by molar-refractivity contribution is 0.165. The largest absolute Gasteiger partial charge is 0.485 e. The number of rotatable bonds is 4. The molecule has 0 atom stereocenters. The van der Waals surface area contributed by atoms with E-state index in [1.54, 1.807) is 0 Å². The topological polar surface area (TPSA) is 24.9 Å². The number of nitrogens with zero attached hydrogens (tertiary/aromatic N) is 2. The lowest BCUT2D eigenvalue weighted by Gasteiger charge is -2.26. The van der Waals surface area contributed by atoms with E-state index in [1.807, 2.05) is 11.3 Å².